The molecular weight excluding hydrogens is 276 g/mol. The first-order chi connectivity index (χ1) is 10.1. The van der Waals surface area contributed by atoms with Gasteiger partial charge in [0.25, 0.3) is 0 Å². The molecule has 0 aliphatic heterocycles. The minimum Gasteiger partial charge on any atom is -0.493 e. The first-order valence-corrected chi connectivity index (χ1v) is 7.41. The lowest BCUT2D eigenvalue weighted by Gasteiger charge is -2.41. The van der Waals surface area contributed by atoms with Crippen LogP contribution in [0.5, 0.6) is 11.5 Å². The van der Waals surface area contributed by atoms with E-state index in [2.05, 4.69) is 17.0 Å². The van der Waals surface area contributed by atoms with Crippen LogP contribution in [0, 0.1) is 5.41 Å². The van der Waals surface area contributed by atoms with Crippen LogP contribution in [0.4, 0.5) is 8.78 Å². The van der Waals surface area contributed by atoms with E-state index >= 15 is 0 Å². The maximum absolute atomic E-state index is 12.5. The number of ether oxygens (including phenoxy) is 2. The van der Waals surface area contributed by atoms with Crippen molar-refractivity contribution in [2.75, 3.05) is 13.7 Å². The molecule has 0 spiro atoms. The maximum atomic E-state index is 12.5. The molecule has 1 aliphatic carbocycles. The lowest BCUT2D eigenvalue weighted by molar-refractivity contribution is -0.0519. The minimum atomic E-state index is -2.85. The van der Waals surface area contributed by atoms with Crippen LogP contribution >= 0.6 is 0 Å². The van der Waals surface area contributed by atoms with Gasteiger partial charge in [0.2, 0.25) is 0 Å². The van der Waals surface area contributed by atoms with E-state index in [4.69, 9.17) is 4.74 Å². The van der Waals surface area contributed by atoms with Gasteiger partial charge in [-0.3, -0.25) is 0 Å². The maximum Gasteiger partial charge on any atom is 0.387 e. The normalized spacial score (nSPS) is 16.6. The van der Waals surface area contributed by atoms with E-state index in [1.807, 2.05) is 0 Å². The van der Waals surface area contributed by atoms with Gasteiger partial charge in [-0.1, -0.05) is 25.5 Å². The molecule has 1 aromatic rings. The molecule has 0 bridgehead atoms. The smallest absolute Gasteiger partial charge is 0.387 e. The second kappa shape index (κ2) is 7.07. The van der Waals surface area contributed by atoms with Crippen molar-refractivity contribution >= 4 is 0 Å². The molecule has 3 nitrogen and oxygen atoms in total. The van der Waals surface area contributed by atoms with Crippen LogP contribution < -0.4 is 14.8 Å². The fraction of sp³-hybridized carbons (Fsp3) is 0.625. The Kier molecular flexibility index (Phi) is 5.39. The van der Waals surface area contributed by atoms with Gasteiger partial charge in [0.05, 0.1) is 7.11 Å². The van der Waals surface area contributed by atoms with Crippen molar-refractivity contribution < 1.29 is 18.3 Å². The third-order valence-electron chi connectivity index (χ3n) is 4.47. The van der Waals surface area contributed by atoms with E-state index in [1.165, 1.54) is 26.4 Å². The third kappa shape index (κ3) is 3.84. The van der Waals surface area contributed by atoms with Crippen molar-refractivity contribution in [1.82, 2.24) is 5.32 Å². The van der Waals surface area contributed by atoms with E-state index in [9.17, 15) is 8.78 Å². The summed E-state index contributed by atoms with van der Waals surface area (Å²) in [5, 5.41) is 3.38. The van der Waals surface area contributed by atoms with Gasteiger partial charge in [-0.25, -0.2) is 0 Å². The van der Waals surface area contributed by atoms with Crippen LogP contribution in [-0.4, -0.2) is 20.3 Å². The number of hydrogen-bond donors (Lipinski definition) is 1. The van der Waals surface area contributed by atoms with Gasteiger partial charge in [-0.2, -0.15) is 8.78 Å². The van der Waals surface area contributed by atoms with E-state index in [0.717, 1.165) is 13.0 Å². The summed E-state index contributed by atoms with van der Waals surface area (Å²) in [6, 6.07) is 5.19. The Morgan fingerprint density at radius 2 is 2.10 bits per heavy atom. The molecule has 1 fully saturated rings. The topological polar surface area (TPSA) is 30.5 Å². The molecule has 1 aromatic carbocycles. The Labute approximate surface area is 124 Å². The van der Waals surface area contributed by atoms with Crippen LogP contribution in [0.2, 0.25) is 0 Å². The van der Waals surface area contributed by atoms with E-state index in [0.29, 0.717) is 23.3 Å². The SMILES string of the molecule is CCC1(CNCc2cccc(OC)c2OC(F)F)CCC1. The van der Waals surface area contributed by atoms with E-state index < -0.39 is 6.61 Å². The zero-order valence-corrected chi connectivity index (χ0v) is 12.6. The quantitative estimate of drug-likeness (QED) is 0.788. The molecule has 0 atom stereocenters. The standard InChI is InChI=1S/C16H23F2NO2/c1-3-16(8-5-9-16)11-19-10-12-6-4-7-13(20-2)14(12)21-15(17)18/h4,6-7,15,19H,3,5,8-11H2,1-2H3. The second-order valence-electron chi connectivity index (χ2n) is 5.64. The van der Waals surface area contributed by atoms with Crippen molar-refractivity contribution in [3.05, 3.63) is 23.8 Å². The third-order valence-corrected chi connectivity index (χ3v) is 4.47. The predicted molar refractivity (Wildman–Crippen MR) is 77.9 cm³/mol. The Bertz CT molecular complexity index is 456. The highest BCUT2D eigenvalue weighted by Gasteiger charge is 2.34. The fourth-order valence-electron chi connectivity index (χ4n) is 2.88. The summed E-state index contributed by atoms with van der Waals surface area (Å²) >= 11 is 0. The van der Waals surface area contributed by atoms with Crippen molar-refractivity contribution in [3.8, 4) is 11.5 Å². The number of halogens is 2. The zero-order valence-electron chi connectivity index (χ0n) is 12.6. The molecule has 1 saturated carbocycles. The van der Waals surface area contributed by atoms with Crippen molar-refractivity contribution in [3.63, 3.8) is 0 Å². The van der Waals surface area contributed by atoms with E-state index in [-0.39, 0.29) is 5.75 Å². The Morgan fingerprint density at radius 3 is 2.62 bits per heavy atom. The lowest BCUT2D eigenvalue weighted by Crippen LogP contribution is -2.39. The summed E-state index contributed by atoms with van der Waals surface area (Å²) in [6.07, 6.45) is 4.93. The second-order valence-corrected chi connectivity index (χ2v) is 5.64. The Balaban J connectivity index is 2.01. The highest BCUT2D eigenvalue weighted by atomic mass is 19.3. The Hall–Kier alpha value is -1.36. The van der Waals surface area contributed by atoms with Gasteiger partial charge in [0.15, 0.2) is 11.5 Å². The van der Waals surface area contributed by atoms with Crippen molar-refractivity contribution in [2.45, 2.75) is 45.8 Å². The van der Waals surface area contributed by atoms with Gasteiger partial charge < -0.3 is 14.8 Å². The first-order valence-electron chi connectivity index (χ1n) is 7.41. The lowest BCUT2D eigenvalue weighted by atomic mass is 9.67. The molecular formula is C16H23F2NO2. The van der Waals surface area contributed by atoms with Gasteiger partial charge in [0.1, 0.15) is 0 Å². The number of para-hydroxylation sites is 1. The number of rotatable bonds is 8. The van der Waals surface area contributed by atoms with Crippen molar-refractivity contribution in [2.24, 2.45) is 5.41 Å². The highest BCUT2D eigenvalue weighted by molar-refractivity contribution is 5.46. The summed E-state index contributed by atoms with van der Waals surface area (Å²) < 4.78 is 34.8. The molecule has 0 aromatic heterocycles. The number of nitrogens with one attached hydrogen (secondary N) is 1. The number of alkyl halides is 2. The first kappa shape index (κ1) is 16.0. The van der Waals surface area contributed by atoms with Crippen LogP contribution in [0.3, 0.4) is 0 Å². The monoisotopic (exact) mass is 299 g/mol. The molecule has 21 heavy (non-hydrogen) atoms. The molecule has 0 amide bonds. The summed E-state index contributed by atoms with van der Waals surface area (Å²) in [5.74, 6) is 0.463. The number of hydrogen-bond acceptors (Lipinski definition) is 3. The summed E-state index contributed by atoms with van der Waals surface area (Å²) in [6.45, 7) is 0.766. The van der Waals surface area contributed by atoms with Gasteiger partial charge in [-0.15, -0.1) is 0 Å². The predicted octanol–water partition coefficient (Wildman–Crippen LogP) is 3.97. The summed E-state index contributed by atoms with van der Waals surface area (Å²) in [5.41, 5.74) is 1.09. The molecule has 118 valence electrons. The van der Waals surface area contributed by atoms with Gasteiger partial charge in [-0.05, 0) is 30.7 Å². The van der Waals surface area contributed by atoms with Crippen LogP contribution in [-0.2, 0) is 6.54 Å². The molecule has 0 saturated heterocycles. The molecule has 1 N–H and O–H groups in total. The highest BCUT2D eigenvalue weighted by Crippen LogP contribution is 2.43. The zero-order chi connectivity index (χ0) is 15.3. The van der Waals surface area contributed by atoms with Crippen LogP contribution in [0.1, 0.15) is 38.2 Å². The molecule has 0 radical (unpaired) electrons. The van der Waals surface area contributed by atoms with Gasteiger partial charge in [0, 0.05) is 18.7 Å². The Morgan fingerprint density at radius 1 is 1.33 bits per heavy atom. The summed E-state index contributed by atoms with van der Waals surface area (Å²) in [7, 11) is 1.45. The number of benzene rings is 1. The average molecular weight is 299 g/mol. The fourth-order valence-corrected chi connectivity index (χ4v) is 2.88. The minimum absolute atomic E-state index is 0.127. The van der Waals surface area contributed by atoms with Crippen molar-refractivity contribution in [1.29, 1.82) is 0 Å². The van der Waals surface area contributed by atoms with Crippen LogP contribution in [0.15, 0.2) is 18.2 Å². The van der Waals surface area contributed by atoms with Gasteiger partial charge >= 0.3 is 6.61 Å². The summed E-state index contributed by atoms with van der Waals surface area (Å²) in [4.78, 5) is 0. The number of methoxy groups -OCH3 is 1. The average Bonchev–Trinajstić information content (AvgIpc) is 2.42. The molecule has 0 unspecified atom stereocenters. The molecule has 2 rings (SSSR count). The molecule has 0 heterocycles. The molecule has 5 heteroatoms. The van der Waals surface area contributed by atoms with E-state index in [1.54, 1.807) is 18.2 Å². The largest absolute Gasteiger partial charge is 0.493 e. The molecule has 1 aliphatic rings. The van der Waals surface area contributed by atoms with Crippen LogP contribution in [0.25, 0.3) is 0 Å².